The average molecular weight is 969 g/mol. The monoisotopic (exact) mass is 969 g/mol. The van der Waals surface area contributed by atoms with E-state index >= 15 is 0 Å². The Bertz CT molecular complexity index is 1190. The number of esters is 2. The first kappa shape index (κ1) is 65.5. The minimum atomic E-state index is -4.38. The van der Waals surface area contributed by atoms with Crippen molar-refractivity contribution in [2.24, 2.45) is 0 Å². The number of unbranched alkanes of at least 4 members (excludes halogenated alkanes) is 35. The number of allylic oxidation sites excluding steroid dienone is 4. The summed E-state index contributed by atoms with van der Waals surface area (Å²) in [7, 11) is 1.49. The van der Waals surface area contributed by atoms with Crippen LogP contribution in [-0.4, -0.2) is 74.9 Å². The Labute approximate surface area is 415 Å². The maximum atomic E-state index is 12.8. The topological polar surface area (TPSA) is 108 Å². The van der Waals surface area contributed by atoms with E-state index in [0.717, 1.165) is 44.9 Å². The third-order valence-corrected chi connectivity index (χ3v) is 13.7. The highest BCUT2D eigenvalue weighted by atomic mass is 31.2. The number of carbonyl (C=O) groups is 2. The molecule has 9 nitrogen and oxygen atoms in total. The fraction of sp³-hybridized carbons (Fsp3) is 0.895. The van der Waals surface area contributed by atoms with Gasteiger partial charge in [-0.3, -0.25) is 18.6 Å². The largest absolute Gasteiger partial charge is 0.472 e. The van der Waals surface area contributed by atoms with E-state index in [-0.39, 0.29) is 25.6 Å². The first-order chi connectivity index (χ1) is 32.5. The molecule has 2 unspecified atom stereocenters. The molecule has 67 heavy (non-hydrogen) atoms. The molecule has 0 aromatic rings. The molecular formula is C57H111NO8P+. The second-order valence-electron chi connectivity index (χ2n) is 20.7. The molecule has 0 aliphatic carbocycles. The second-order valence-corrected chi connectivity index (χ2v) is 22.1. The van der Waals surface area contributed by atoms with E-state index in [0.29, 0.717) is 23.9 Å². The third-order valence-electron chi connectivity index (χ3n) is 12.7. The van der Waals surface area contributed by atoms with Gasteiger partial charge in [0.1, 0.15) is 19.8 Å². The summed E-state index contributed by atoms with van der Waals surface area (Å²) in [5.41, 5.74) is 0. The summed E-state index contributed by atoms with van der Waals surface area (Å²) in [5.74, 6) is -0.787. The molecule has 0 radical (unpaired) electrons. The predicted molar refractivity (Wildman–Crippen MR) is 284 cm³/mol. The zero-order valence-electron chi connectivity index (χ0n) is 44.9. The van der Waals surface area contributed by atoms with Crippen LogP contribution < -0.4 is 0 Å². The molecule has 0 spiro atoms. The highest BCUT2D eigenvalue weighted by Crippen LogP contribution is 2.43. The van der Waals surface area contributed by atoms with Crippen molar-refractivity contribution < 1.29 is 42.1 Å². The first-order valence-electron chi connectivity index (χ1n) is 28.6. The summed E-state index contributed by atoms with van der Waals surface area (Å²) in [6.45, 7) is 4.45. The molecule has 1 N–H and O–H groups in total. The van der Waals surface area contributed by atoms with Crippen molar-refractivity contribution in [3.05, 3.63) is 24.3 Å². The van der Waals surface area contributed by atoms with Crippen LogP contribution in [0.15, 0.2) is 24.3 Å². The van der Waals surface area contributed by atoms with Crippen LogP contribution in [0.5, 0.6) is 0 Å². The van der Waals surface area contributed by atoms with Gasteiger partial charge in [-0.1, -0.05) is 244 Å². The van der Waals surface area contributed by atoms with Crippen LogP contribution in [0, 0.1) is 0 Å². The molecule has 0 rings (SSSR count). The van der Waals surface area contributed by atoms with Crippen molar-refractivity contribution >= 4 is 19.8 Å². The van der Waals surface area contributed by atoms with Crippen LogP contribution in [0.25, 0.3) is 0 Å². The Hall–Kier alpha value is -1.51. The Balaban J connectivity index is 4.13. The van der Waals surface area contributed by atoms with Crippen LogP contribution in [0.2, 0.25) is 0 Å². The van der Waals surface area contributed by atoms with Gasteiger partial charge >= 0.3 is 19.8 Å². The number of quaternary nitrogens is 1. The number of nitrogens with zero attached hydrogens (tertiary/aromatic N) is 1. The predicted octanol–water partition coefficient (Wildman–Crippen LogP) is 17.4. The van der Waals surface area contributed by atoms with Crippen LogP contribution >= 0.6 is 7.82 Å². The van der Waals surface area contributed by atoms with Gasteiger partial charge in [0.2, 0.25) is 0 Å². The number of phosphoric ester groups is 1. The number of ether oxygens (including phenoxy) is 2. The average Bonchev–Trinajstić information content (AvgIpc) is 3.29. The molecule has 0 aliphatic heterocycles. The van der Waals surface area contributed by atoms with Crippen LogP contribution in [0.4, 0.5) is 0 Å². The van der Waals surface area contributed by atoms with Gasteiger partial charge in [0, 0.05) is 12.8 Å². The lowest BCUT2D eigenvalue weighted by Gasteiger charge is -2.24. The van der Waals surface area contributed by atoms with Crippen LogP contribution in [0.3, 0.4) is 0 Å². The summed E-state index contributed by atoms with van der Waals surface area (Å²) >= 11 is 0. The van der Waals surface area contributed by atoms with E-state index in [1.54, 1.807) is 0 Å². The van der Waals surface area contributed by atoms with Gasteiger partial charge in [0.25, 0.3) is 0 Å². The summed E-state index contributed by atoms with van der Waals surface area (Å²) in [6.07, 6.45) is 58.1. The maximum absolute atomic E-state index is 12.8. The van der Waals surface area contributed by atoms with E-state index in [1.807, 2.05) is 21.1 Å². The lowest BCUT2D eigenvalue weighted by Crippen LogP contribution is -2.37. The highest BCUT2D eigenvalue weighted by molar-refractivity contribution is 7.47. The molecule has 0 heterocycles. The summed E-state index contributed by atoms with van der Waals surface area (Å²) < 4.78 is 34.6. The van der Waals surface area contributed by atoms with Crippen molar-refractivity contribution in [3.8, 4) is 0 Å². The number of rotatable bonds is 53. The molecule has 10 heteroatoms. The molecular weight excluding hydrogens is 858 g/mol. The quantitative estimate of drug-likeness (QED) is 0.0211. The molecule has 0 amide bonds. The zero-order chi connectivity index (χ0) is 49.2. The SMILES string of the molecule is CCCCC/C=C\C/C=C\CCCCCCCCCCCC(=O)OC(COC(=O)CCCCCCCCCCCCCCCCCCCCCCCCCC)COP(=O)(O)OCC[N+](C)(C)C. The molecule has 0 aromatic heterocycles. The Morgan fingerprint density at radius 2 is 0.806 bits per heavy atom. The van der Waals surface area contributed by atoms with Gasteiger partial charge in [-0.05, 0) is 44.9 Å². The zero-order valence-corrected chi connectivity index (χ0v) is 45.8. The smallest absolute Gasteiger partial charge is 0.462 e. The lowest BCUT2D eigenvalue weighted by atomic mass is 10.0. The molecule has 0 bridgehead atoms. The van der Waals surface area contributed by atoms with Crippen LogP contribution in [-0.2, 0) is 32.7 Å². The fourth-order valence-corrected chi connectivity index (χ4v) is 9.02. The fourth-order valence-electron chi connectivity index (χ4n) is 8.28. The number of phosphoric acid groups is 1. The molecule has 0 saturated heterocycles. The molecule has 0 aromatic carbocycles. The van der Waals surface area contributed by atoms with E-state index < -0.39 is 26.5 Å². The molecule has 396 valence electrons. The van der Waals surface area contributed by atoms with Gasteiger partial charge in [-0.15, -0.1) is 0 Å². The normalized spacial score (nSPS) is 13.5. The molecule has 0 fully saturated rings. The lowest BCUT2D eigenvalue weighted by molar-refractivity contribution is -0.870. The van der Waals surface area contributed by atoms with Crippen molar-refractivity contribution in [3.63, 3.8) is 0 Å². The number of hydrogen-bond donors (Lipinski definition) is 1. The Morgan fingerprint density at radius 1 is 0.463 bits per heavy atom. The molecule has 2 atom stereocenters. The van der Waals surface area contributed by atoms with Gasteiger partial charge in [-0.2, -0.15) is 0 Å². The third kappa shape index (κ3) is 53.7. The molecule has 0 aliphatic rings. The Kier molecular flexibility index (Phi) is 48.4. The summed E-state index contributed by atoms with van der Waals surface area (Å²) in [5, 5.41) is 0. The van der Waals surface area contributed by atoms with Crippen molar-refractivity contribution in [1.82, 2.24) is 0 Å². The summed E-state index contributed by atoms with van der Waals surface area (Å²) in [4.78, 5) is 35.7. The van der Waals surface area contributed by atoms with Gasteiger partial charge in [0.05, 0.1) is 27.7 Å². The second kappa shape index (κ2) is 49.5. The Morgan fingerprint density at radius 3 is 1.21 bits per heavy atom. The van der Waals surface area contributed by atoms with E-state index in [9.17, 15) is 19.0 Å². The van der Waals surface area contributed by atoms with Gasteiger partial charge in [-0.25, -0.2) is 4.57 Å². The number of likely N-dealkylation sites (N-methyl/N-ethyl adjacent to an activating group) is 1. The number of hydrogen-bond acceptors (Lipinski definition) is 7. The highest BCUT2D eigenvalue weighted by Gasteiger charge is 2.27. The van der Waals surface area contributed by atoms with Crippen molar-refractivity contribution in [1.29, 1.82) is 0 Å². The van der Waals surface area contributed by atoms with Crippen molar-refractivity contribution in [2.75, 3.05) is 47.5 Å². The standard InChI is InChI=1S/C57H110NO8P/c1-6-8-10-12-14-16-18-20-22-24-26-27-28-29-30-32-33-35-37-39-41-43-45-47-49-56(59)63-53-55(54-65-67(61,62)64-52-51-58(3,4)5)66-57(60)50-48-46-44-42-40-38-36-34-31-25-23-21-19-17-15-13-11-9-7-2/h15,17,21,23,55H,6-14,16,18-20,22,24-54H2,1-5H3/p+1/b17-15-,23-21-. The van der Waals surface area contributed by atoms with E-state index in [2.05, 4.69) is 38.2 Å². The first-order valence-corrected chi connectivity index (χ1v) is 30.1. The number of carbonyl (C=O) groups excluding carboxylic acids is 2. The van der Waals surface area contributed by atoms with Gasteiger partial charge in [0.15, 0.2) is 6.10 Å². The minimum absolute atomic E-state index is 0.0332. The van der Waals surface area contributed by atoms with Crippen molar-refractivity contribution in [2.45, 2.75) is 283 Å². The van der Waals surface area contributed by atoms with E-state index in [1.165, 1.54) is 199 Å². The summed E-state index contributed by atoms with van der Waals surface area (Å²) in [6, 6.07) is 0. The van der Waals surface area contributed by atoms with Crippen LogP contribution in [0.1, 0.15) is 277 Å². The van der Waals surface area contributed by atoms with Gasteiger partial charge < -0.3 is 18.9 Å². The van der Waals surface area contributed by atoms with E-state index in [4.69, 9.17) is 18.5 Å². The maximum Gasteiger partial charge on any atom is 0.472 e. The molecule has 0 saturated carbocycles. The minimum Gasteiger partial charge on any atom is -0.462 e.